The third kappa shape index (κ3) is 8.09. The number of rotatable bonds is 9. The zero-order chi connectivity index (χ0) is 19.5. The van der Waals surface area contributed by atoms with Gasteiger partial charge < -0.3 is 16.0 Å². The first-order valence-corrected chi connectivity index (χ1v) is 9.23. The monoisotopic (exact) mass is 391 g/mol. The van der Waals surface area contributed by atoms with Gasteiger partial charge in [0.05, 0.1) is 5.69 Å². The number of halogens is 2. The van der Waals surface area contributed by atoms with Gasteiger partial charge in [-0.15, -0.1) is 0 Å². The van der Waals surface area contributed by atoms with E-state index >= 15 is 0 Å². The molecule has 0 unspecified atom stereocenters. The van der Waals surface area contributed by atoms with Crippen LogP contribution in [0.1, 0.15) is 31.2 Å². The maximum atomic E-state index is 13.4. The maximum absolute atomic E-state index is 13.4. The minimum absolute atomic E-state index is 0.196. The van der Waals surface area contributed by atoms with Crippen LogP contribution in [-0.4, -0.2) is 18.5 Å². The fourth-order valence-electron chi connectivity index (χ4n) is 2.41. The van der Waals surface area contributed by atoms with Crippen molar-refractivity contribution in [2.45, 2.75) is 32.2 Å². The molecule has 3 N–H and O–H groups in total. The molecule has 27 heavy (non-hydrogen) atoms. The second kappa shape index (κ2) is 11.2. The third-order valence-corrected chi connectivity index (χ3v) is 4.13. The van der Waals surface area contributed by atoms with Gasteiger partial charge in [-0.1, -0.05) is 42.3 Å². The number of amides is 3. The fraction of sp³-hybridized carbons (Fsp3) is 0.300. The number of carbonyl (C=O) groups is 2. The number of para-hydroxylation sites is 1. The summed E-state index contributed by atoms with van der Waals surface area (Å²) in [5, 5.41) is 8.75. The van der Waals surface area contributed by atoms with E-state index in [1.54, 1.807) is 24.3 Å². The van der Waals surface area contributed by atoms with E-state index < -0.39 is 5.82 Å². The molecule has 0 aliphatic rings. The SMILES string of the molecule is O=C(CCCCCNC(=O)NCc1ccc(Cl)cc1)Nc1ccccc1F. The van der Waals surface area contributed by atoms with E-state index in [0.717, 1.165) is 18.4 Å². The van der Waals surface area contributed by atoms with Crippen LogP contribution in [0.5, 0.6) is 0 Å². The number of urea groups is 1. The molecule has 2 aromatic rings. The van der Waals surface area contributed by atoms with E-state index in [1.807, 2.05) is 12.1 Å². The molecule has 0 saturated carbocycles. The highest BCUT2D eigenvalue weighted by atomic mass is 35.5. The number of nitrogens with one attached hydrogen (secondary N) is 3. The van der Waals surface area contributed by atoms with E-state index in [4.69, 9.17) is 11.6 Å². The van der Waals surface area contributed by atoms with Crippen molar-refractivity contribution < 1.29 is 14.0 Å². The first-order valence-electron chi connectivity index (χ1n) is 8.85. The van der Waals surface area contributed by atoms with E-state index in [0.29, 0.717) is 31.0 Å². The Bertz CT molecular complexity index is 753. The smallest absolute Gasteiger partial charge is 0.315 e. The topological polar surface area (TPSA) is 70.2 Å². The van der Waals surface area contributed by atoms with E-state index in [-0.39, 0.29) is 17.6 Å². The molecular formula is C20H23ClFN3O2. The van der Waals surface area contributed by atoms with Gasteiger partial charge in [-0.25, -0.2) is 9.18 Å². The number of carbonyl (C=O) groups excluding carboxylic acids is 2. The Morgan fingerprint density at radius 1 is 0.926 bits per heavy atom. The Morgan fingerprint density at radius 2 is 1.67 bits per heavy atom. The first-order chi connectivity index (χ1) is 13.0. The minimum atomic E-state index is -0.445. The van der Waals surface area contributed by atoms with Gasteiger partial charge in [0.2, 0.25) is 5.91 Å². The van der Waals surface area contributed by atoms with Crippen LogP contribution in [0.2, 0.25) is 5.02 Å². The lowest BCUT2D eigenvalue weighted by atomic mass is 10.2. The molecule has 0 bridgehead atoms. The predicted octanol–water partition coefficient (Wildman–Crippen LogP) is 4.48. The van der Waals surface area contributed by atoms with Gasteiger partial charge in [0, 0.05) is 24.5 Å². The van der Waals surface area contributed by atoms with Crippen LogP contribution in [0.3, 0.4) is 0 Å². The largest absolute Gasteiger partial charge is 0.338 e. The molecule has 2 rings (SSSR count). The van der Waals surface area contributed by atoms with Crippen molar-refractivity contribution in [2.24, 2.45) is 0 Å². The molecule has 0 spiro atoms. The Kier molecular flexibility index (Phi) is 8.58. The third-order valence-electron chi connectivity index (χ3n) is 3.88. The summed E-state index contributed by atoms with van der Waals surface area (Å²) in [4.78, 5) is 23.5. The van der Waals surface area contributed by atoms with Crippen LogP contribution in [0.15, 0.2) is 48.5 Å². The van der Waals surface area contributed by atoms with Crippen molar-refractivity contribution in [3.05, 3.63) is 64.9 Å². The highest BCUT2D eigenvalue weighted by molar-refractivity contribution is 6.30. The molecular weight excluding hydrogens is 369 g/mol. The highest BCUT2D eigenvalue weighted by Crippen LogP contribution is 2.13. The van der Waals surface area contributed by atoms with Crippen LogP contribution in [0.25, 0.3) is 0 Å². The Morgan fingerprint density at radius 3 is 2.41 bits per heavy atom. The predicted molar refractivity (Wildman–Crippen MR) is 105 cm³/mol. The normalized spacial score (nSPS) is 10.3. The number of hydrogen-bond acceptors (Lipinski definition) is 2. The summed E-state index contributed by atoms with van der Waals surface area (Å²) in [6, 6.07) is 13.1. The minimum Gasteiger partial charge on any atom is -0.338 e. The summed E-state index contributed by atoms with van der Waals surface area (Å²) in [6.07, 6.45) is 2.55. The van der Waals surface area contributed by atoms with E-state index in [2.05, 4.69) is 16.0 Å². The van der Waals surface area contributed by atoms with Crippen LogP contribution >= 0.6 is 11.6 Å². The molecule has 0 aromatic heterocycles. The molecule has 3 amide bonds. The van der Waals surface area contributed by atoms with Gasteiger partial charge in [0.25, 0.3) is 0 Å². The lowest BCUT2D eigenvalue weighted by molar-refractivity contribution is -0.116. The van der Waals surface area contributed by atoms with Crippen LogP contribution < -0.4 is 16.0 Å². The summed E-state index contributed by atoms with van der Waals surface area (Å²) >= 11 is 5.81. The van der Waals surface area contributed by atoms with Crippen molar-refractivity contribution >= 4 is 29.2 Å². The molecule has 0 radical (unpaired) electrons. The summed E-state index contributed by atoms with van der Waals surface area (Å²) in [5.74, 6) is -0.659. The number of anilines is 1. The molecule has 2 aromatic carbocycles. The highest BCUT2D eigenvalue weighted by Gasteiger charge is 2.06. The number of hydrogen-bond donors (Lipinski definition) is 3. The summed E-state index contributed by atoms with van der Waals surface area (Å²) < 4.78 is 13.4. The maximum Gasteiger partial charge on any atom is 0.315 e. The van der Waals surface area contributed by atoms with Gasteiger partial charge in [0.1, 0.15) is 5.82 Å². The second-order valence-corrected chi connectivity index (χ2v) is 6.51. The van der Waals surface area contributed by atoms with Crippen molar-refractivity contribution in [3.8, 4) is 0 Å². The van der Waals surface area contributed by atoms with Crippen molar-refractivity contribution in [1.29, 1.82) is 0 Å². The molecule has 0 saturated heterocycles. The number of benzene rings is 2. The Balaban J connectivity index is 1.51. The Labute approximate surface area is 163 Å². The molecule has 0 atom stereocenters. The van der Waals surface area contributed by atoms with Gasteiger partial charge in [-0.05, 0) is 42.7 Å². The van der Waals surface area contributed by atoms with Crippen LogP contribution in [0, 0.1) is 5.82 Å². The summed E-state index contributed by atoms with van der Waals surface area (Å²) in [5.41, 5.74) is 1.16. The van der Waals surface area contributed by atoms with Crippen molar-refractivity contribution in [3.63, 3.8) is 0 Å². The number of unbranched alkanes of at least 4 members (excludes halogenated alkanes) is 2. The van der Waals surface area contributed by atoms with Gasteiger partial charge in [-0.2, -0.15) is 0 Å². The van der Waals surface area contributed by atoms with Crippen molar-refractivity contribution in [1.82, 2.24) is 10.6 Å². The van der Waals surface area contributed by atoms with Gasteiger partial charge >= 0.3 is 6.03 Å². The average molecular weight is 392 g/mol. The zero-order valence-corrected chi connectivity index (χ0v) is 15.7. The molecule has 0 aliphatic heterocycles. The second-order valence-electron chi connectivity index (χ2n) is 6.07. The van der Waals surface area contributed by atoms with Gasteiger partial charge in [0.15, 0.2) is 0 Å². The first kappa shape index (κ1) is 20.7. The molecule has 0 heterocycles. The fourth-order valence-corrected chi connectivity index (χ4v) is 2.54. The van der Waals surface area contributed by atoms with Crippen LogP contribution in [0.4, 0.5) is 14.9 Å². The summed E-state index contributed by atoms with van der Waals surface area (Å²) in [7, 11) is 0. The summed E-state index contributed by atoms with van der Waals surface area (Å²) in [6.45, 7) is 0.959. The van der Waals surface area contributed by atoms with Crippen LogP contribution in [-0.2, 0) is 11.3 Å². The molecule has 5 nitrogen and oxygen atoms in total. The average Bonchev–Trinajstić information content (AvgIpc) is 2.66. The Hall–Kier alpha value is -2.60. The lowest BCUT2D eigenvalue weighted by Gasteiger charge is -2.08. The van der Waals surface area contributed by atoms with E-state index in [9.17, 15) is 14.0 Å². The van der Waals surface area contributed by atoms with Crippen molar-refractivity contribution in [2.75, 3.05) is 11.9 Å². The zero-order valence-electron chi connectivity index (χ0n) is 14.9. The van der Waals surface area contributed by atoms with E-state index in [1.165, 1.54) is 12.1 Å². The molecule has 0 fully saturated rings. The quantitative estimate of drug-likeness (QED) is 0.551. The van der Waals surface area contributed by atoms with Gasteiger partial charge in [-0.3, -0.25) is 4.79 Å². The standard InChI is InChI=1S/C20H23ClFN3O2/c21-16-11-9-15(10-12-16)14-24-20(27)23-13-5-1-2-8-19(26)25-18-7-4-3-6-17(18)22/h3-4,6-7,9-12H,1-2,5,8,13-14H2,(H,25,26)(H2,23,24,27). The molecule has 7 heteroatoms. The molecule has 0 aliphatic carbocycles. The molecule has 144 valence electrons. The lowest BCUT2D eigenvalue weighted by Crippen LogP contribution is -2.35.